The molecular formula is C43H74N10O17. The summed E-state index contributed by atoms with van der Waals surface area (Å²) < 4.78 is 0. The number of carboxylic acids is 3. The first-order valence-corrected chi connectivity index (χ1v) is 22.7. The predicted molar refractivity (Wildman–Crippen MR) is 246 cm³/mol. The number of amides is 9. The second kappa shape index (κ2) is 31.6. The monoisotopic (exact) mass is 1000 g/mol. The second-order valence-electron chi connectivity index (χ2n) is 18.5. The second-order valence-corrected chi connectivity index (χ2v) is 18.5. The molecule has 27 nitrogen and oxygen atoms in total. The first-order valence-electron chi connectivity index (χ1n) is 22.7. The minimum absolute atomic E-state index is 0.00509. The molecule has 0 rings (SSSR count). The number of rotatable bonds is 33. The lowest BCUT2D eigenvalue weighted by molar-refractivity contribution is -0.144. The van der Waals surface area contributed by atoms with Gasteiger partial charge in [-0.25, -0.2) is 4.79 Å². The number of carbonyl (C=O) groups is 12. The average Bonchev–Trinajstić information content (AvgIpc) is 3.22. The Hall–Kier alpha value is -6.48. The maximum Gasteiger partial charge on any atom is 0.326 e. The fraction of sp³-hybridized carbons (Fsp3) is 0.721. The molecule has 70 heavy (non-hydrogen) atoms. The van der Waals surface area contributed by atoms with Crippen molar-refractivity contribution < 1.29 is 83.1 Å². The fourth-order valence-electron chi connectivity index (χ4n) is 6.49. The molecular weight excluding hydrogens is 929 g/mol. The summed E-state index contributed by atoms with van der Waals surface area (Å²) in [5.41, 5.74) is 5.92. The summed E-state index contributed by atoms with van der Waals surface area (Å²) in [6, 6.07) is -12.0. The summed E-state index contributed by atoms with van der Waals surface area (Å²) in [7, 11) is 0. The molecule has 0 saturated carbocycles. The van der Waals surface area contributed by atoms with E-state index in [2.05, 4.69) is 47.9 Å². The number of nitrogens with one attached hydrogen (secondary N) is 9. The van der Waals surface area contributed by atoms with Crippen molar-refractivity contribution in [3.63, 3.8) is 0 Å². The zero-order valence-electron chi connectivity index (χ0n) is 41.1. The van der Waals surface area contributed by atoms with E-state index in [0.717, 1.165) is 6.92 Å². The zero-order chi connectivity index (χ0) is 54.2. The van der Waals surface area contributed by atoms with Crippen LogP contribution in [0.1, 0.15) is 101 Å². The Morgan fingerprint density at radius 1 is 0.414 bits per heavy atom. The largest absolute Gasteiger partial charge is 0.481 e. The minimum atomic E-state index is -1.75. The Morgan fingerprint density at radius 3 is 1.14 bits per heavy atom. The maximum absolute atomic E-state index is 13.7. The fourth-order valence-corrected chi connectivity index (χ4v) is 6.49. The number of carbonyl (C=O) groups excluding carboxylic acids is 9. The summed E-state index contributed by atoms with van der Waals surface area (Å²) in [6.07, 6.45) is -3.20. The van der Waals surface area contributed by atoms with E-state index >= 15 is 0 Å². The quantitative estimate of drug-likeness (QED) is 0.0295. The van der Waals surface area contributed by atoms with Crippen LogP contribution in [-0.4, -0.2) is 171 Å². The lowest BCUT2D eigenvalue weighted by Crippen LogP contribution is -2.61. The van der Waals surface area contributed by atoms with Crippen molar-refractivity contribution in [2.24, 2.45) is 29.4 Å². The van der Waals surface area contributed by atoms with E-state index in [1.807, 2.05) is 13.8 Å². The summed E-state index contributed by atoms with van der Waals surface area (Å²) in [6.45, 7) is 12.2. The Kier molecular flexibility index (Phi) is 28.7. The number of hydrogen-bond acceptors (Lipinski definition) is 15. The van der Waals surface area contributed by atoms with Gasteiger partial charge in [-0.1, -0.05) is 55.4 Å². The van der Waals surface area contributed by atoms with Gasteiger partial charge in [-0.3, -0.25) is 52.7 Å². The minimum Gasteiger partial charge on any atom is -0.481 e. The molecule has 0 aromatic heterocycles. The number of aliphatic hydroxyl groups excluding tert-OH is 2. The molecule has 16 N–H and O–H groups in total. The SMILES string of the molecule is CC(C)C[C@H](NC(=O)[C@H](CC(=O)O)NC(=O)CNC(=O)[C@H](CO)NC(=O)CNC(=O)[C@@H](NC(=O)[C@H](CC(C)C)NC(=O)[C@H](CC(C)C)NC(=O)[C@H](CC(=O)O)NC(=O)[C@@H](N)CC(C)C)[C@@H](C)O)C(=O)O. The molecule has 0 aromatic rings. The first-order chi connectivity index (χ1) is 32.4. The van der Waals surface area contributed by atoms with E-state index in [1.165, 1.54) is 0 Å². The van der Waals surface area contributed by atoms with Gasteiger partial charge in [-0.15, -0.1) is 0 Å². The van der Waals surface area contributed by atoms with Crippen LogP contribution in [0, 0.1) is 23.7 Å². The molecule has 398 valence electrons. The highest BCUT2D eigenvalue weighted by Crippen LogP contribution is 2.12. The molecule has 0 unspecified atom stereocenters. The highest BCUT2D eigenvalue weighted by molar-refractivity contribution is 5.98. The van der Waals surface area contributed by atoms with E-state index in [1.54, 1.807) is 41.5 Å². The van der Waals surface area contributed by atoms with Crippen molar-refractivity contribution in [1.82, 2.24) is 47.9 Å². The van der Waals surface area contributed by atoms with Crippen LogP contribution in [0.15, 0.2) is 0 Å². The van der Waals surface area contributed by atoms with E-state index < -0.39 is 158 Å². The normalized spacial score (nSPS) is 15.1. The number of aliphatic hydroxyl groups is 2. The van der Waals surface area contributed by atoms with Gasteiger partial charge in [0.25, 0.3) is 0 Å². The van der Waals surface area contributed by atoms with Gasteiger partial charge >= 0.3 is 17.9 Å². The van der Waals surface area contributed by atoms with Gasteiger partial charge in [0, 0.05) is 0 Å². The lowest BCUT2D eigenvalue weighted by atomic mass is 9.99. The third kappa shape index (κ3) is 25.8. The molecule has 9 atom stereocenters. The van der Waals surface area contributed by atoms with Crippen molar-refractivity contribution >= 4 is 71.1 Å². The highest BCUT2D eigenvalue weighted by atomic mass is 16.4. The van der Waals surface area contributed by atoms with E-state index in [4.69, 9.17) is 5.73 Å². The van der Waals surface area contributed by atoms with E-state index in [-0.39, 0.29) is 49.4 Å². The highest BCUT2D eigenvalue weighted by Gasteiger charge is 2.35. The van der Waals surface area contributed by atoms with E-state index in [0.29, 0.717) is 0 Å². The number of nitrogens with two attached hydrogens (primary N) is 1. The molecule has 0 aromatic carbocycles. The van der Waals surface area contributed by atoms with Gasteiger partial charge in [0.05, 0.1) is 44.7 Å². The summed E-state index contributed by atoms with van der Waals surface area (Å²) in [5.74, 6) is -14.2. The third-order valence-corrected chi connectivity index (χ3v) is 9.85. The molecule has 0 aliphatic rings. The van der Waals surface area contributed by atoms with Crippen LogP contribution in [0.5, 0.6) is 0 Å². The Morgan fingerprint density at radius 2 is 0.757 bits per heavy atom. The summed E-state index contributed by atoms with van der Waals surface area (Å²) in [4.78, 5) is 152. The van der Waals surface area contributed by atoms with Crippen molar-refractivity contribution in [2.75, 3.05) is 19.7 Å². The molecule has 0 radical (unpaired) electrons. The van der Waals surface area contributed by atoms with Crippen molar-refractivity contribution in [3.8, 4) is 0 Å². The Balaban J connectivity index is 5.83. The molecule has 0 heterocycles. The van der Waals surface area contributed by atoms with Crippen LogP contribution in [-0.2, 0) is 57.5 Å². The number of aliphatic carboxylic acids is 3. The molecule has 27 heteroatoms. The zero-order valence-corrected chi connectivity index (χ0v) is 41.1. The van der Waals surface area contributed by atoms with Crippen molar-refractivity contribution in [1.29, 1.82) is 0 Å². The van der Waals surface area contributed by atoms with Gasteiger partial charge in [0.2, 0.25) is 53.2 Å². The molecule has 9 amide bonds. The summed E-state index contributed by atoms with van der Waals surface area (Å²) in [5, 5.41) is 68.6. The topological polar surface area (TPSA) is 440 Å². The van der Waals surface area contributed by atoms with Crippen LogP contribution in [0.2, 0.25) is 0 Å². The van der Waals surface area contributed by atoms with E-state index in [9.17, 15) is 83.1 Å². The van der Waals surface area contributed by atoms with Gasteiger partial charge in [0.15, 0.2) is 0 Å². The standard InChI is InChI=1S/C43H74N10O17/c1-19(2)10-24(44)36(62)49-28(15-34(60)61)40(66)50-25(11-20(3)4)38(64)51-26(12-21(5)6)41(67)53-35(23(9)55)42(68)46-17-32(57)48-30(18-54)37(63)45-16-31(56)47-27(14-33(58)59)39(65)52-29(43(69)70)13-22(7)8/h19-30,35,54-55H,10-18,44H2,1-9H3,(H,45,63)(H,46,68)(H,47,56)(H,48,57)(H,49,62)(H,50,66)(H,51,64)(H,52,65)(H,53,67)(H,58,59)(H,60,61)(H,69,70)/t23-,24+,25+,26+,27+,28+,29+,30+,35+/m1/s1. The molecule has 0 aliphatic carbocycles. The van der Waals surface area contributed by atoms with Crippen molar-refractivity contribution in [2.45, 2.75) is 155 Å². The number of carboxylic acid groups (broad SMARTS) is 3. The van der Waals surface area contributed by atoms with Gasteiger partial charge < -0.3 is 79.1 Å². The molecule has 0 saturated heterocycles. The third-order valence-electron chi connectivity index (χ3n) is 9.85. The van der Waals surface area contributed by atoms with Gasteiger partial charge in [-0.05, 0) is 56.3 Å². The van der Waals surface area contributed by atoms with Crippen LogP contribution in [0.4, 0.5) is 0 Å². The lowest BCUT2D eigenvalue weighted by Gasteiger charge is -2.28. The average molecular weight is 1000 g/mol. The Bertz CT molecular complexity index is 1840. The van der Waals surface area contributed by atoms with Crippen LogP contribution >= 0.6 is 0 Å². The van der Waals surface area contributed by atoms with Gasteiger partial charge in [0.1, 0.15) is 42.3 Å². The van der Waals surface area contributed by atoms with Gasteiger partial charge in [-0.2, -0.15) is 0 Å². The summed E-state index contributed by atoms with van der Waals surface area (Å²) >= 11 is 0. The first kappa shape index (κ1) is 63.5. The van der Waals surface area contributed by atoms with Crippen LogP contribution in [0.3, 0.4) is 0 Å². The smallest absolute Gasteiger partial charge is 0.326 e. The number of hydrogen-bond donors (Lipinski definition) is 15. The molecule has 0 fully saturated rings. The van der Waals surface area contributed by atoms with Crippen molar-refractivity contribution in [3.05, 3.63) is 0 Å². The maximum atomic E-state index is 13.7. The molecule has 0 aliphatic heterocycles. The predicted octanol–water partition coefficient (Wildman–Crippen LogP) is -4.47. The Labute approximate surface area is 405 Å². The molecule has 0 spiro atoms. The van der Waals surface area contributed by atoms with Crippen LogP contribution < -0.4 is 53.6 Å². The molecule has 0 bridgehead atoms. The van der Waals surface area contributed by atoms with Crippen LogP contribution in [0.25, 0.3) is 0 Å².